The minimum Gasteiger partial charge on any atom is -0.483 e. The lowest BCUT2D eigenvalue weighted by Gasteiger charge is -2.39. The molecule has 0 aromatic heterocycles. The molecule has 2 aliphatic rings. The number of benzene rings is 2. The summed E-state index contributed by atoms with van der Waals surface area (Å²) in [5.74, 6) is -0.773. The van der Waals surface area contributed by atoms with Crippen molar-refractivity contribution < 1.29 is 18.7 Å². The number of ether oxygens (including phenoxy) is 1. The van der Waals surface area contributed by atoms with Gasteiger partial charge < -0.3 is 15.4 Å². The Morgan fingerprint density at radius 3 is 2.87 bits per heavy atom. The standard InChI is InChI=1S/C23H22ClFN2O3/c24-17-6-3-4-14(10-17)11-21-23(29)27-19-12-15(8-9-20(19)30-21)22(28)26-13-16-5-1-2-7-18(16)25/h1-7,10-11,15,19-20H,8-9,12-13H2,(H,26,28)(H,27,29)/b21-11+. The van der Waals surface area contributed by atoms with Gasteiger partial charge in [0.1, 0.15) is 11.9 Å². The largest absolute Gasteiger partial charge is 0.483 e. The van der Waals surface area contributed by atoms with Gasteiger partial charge in [-0.3, -0.25) is 9.59 Å². The summed E-state index contributed by atoms with van der Waals surface area (Å²) in [7, 11) is 0. The van der Waals surface area contributed by atoms with Gasteiger partial charge in [-0.2, -0.15) is 0 Å². The predicted molar refractivity (Wildman–Crippen MR) is 112 cm³/mol. The third kappa shape index (κ3) is 4.65. The second-order valence-electron chi connectivity index (χ2n) is 7.62. The van der Waals surface area contributed by atoms with E-state index in [2.05, 4.69) is 10.6 Å². The molecule has 2 amide bonds. The van der Waals surface area contributed by atoms with Crippen molar-refractivity contribution >= 4 is 29.5 Å². The molecule has 5 nitrogen and oxygen atoms in total. The van der Waals surface area contributed by atoms with Crippen LogP contribution in [0.3, 0.4) is 0 Å². The van der Waals surface area contributed by atoms with Crippen molar-refractivity contribution in [1.29, 1.82) is 0 Å². The SMILES string of the molecule is O=C1NC2CC(C(=O)NCc3ccccc3F)CCC2O/C1=C/c1cccc(Cl)c1. The number of rotatable bonds is 4. The molecular formula is C23H22ClFN2O3. The van der Waals surface area contributed by atoms with E-state index in [0.29, 0.717) is 29.8 Å². The average Bonchev–Trinajstić information content (AvgIpc) is 2.73. The van der Waals surface area contributed by atoms with Crippen LogP contribution in [0, 0.1) is 11.7 Å². The molecule has 4 rings (SSSR count). The molecule has 1 aliphatic heterocycles. The smallest absolute Gasteiger partial charge is 0.286 e. The fourth-order valence-corrected chi connectivity index (χ4v) is 4.14. The summed E-state index contributed by atoms with van der Waals surface area (Å²) in [5.41, 5.74) is 1.23. The van der Waals surface area contributed by atoms with Gasteiger partial charge in [0, 0.05) is 23.0 Å². The van der Waals surface area contributed by atoms with Crippen LogP contribution < -0.4 is 10.6 Å². The number of carbonyl (C=O) groups excluding carboxylic acids is 2. The van der Waals surface area contributed by atoms with Crippen molar-refractivity contribution in [2.75, 3.05) is 0 Å². The summed E-state index contributed by atoms with van der Waals surface area (Å²) >= 11 is 6.00. The predicted octanol–water partition coefficient (Wildman–Crippen LogP) is 3.82. The summed E-state index contributed by atoms with van der Waals surface area (Å²) in [6.45, 7) is 0.144. The van der Waals surface area contributed by atoms with E-state index in [0.717, 1.165) is 5.56 Å². The molecular weight excluding hydrogens is 407 g/mol. The molecule has 0 bridgehead atoms. The maximum Gasteiger partial charge on any atom is 0.286 e. The summed E-state index contributed by atoms with van der Waals surface area (Å²) in [6.07, 6.45) is 3.28. The Labute approximate surface area is 179 Å². The van der Waals surface area contributed by atoms with Gasteiger partial charge in [-0.05, 0) is 49.1 Å². The van der Waals surface area contributed by atoms with Gasteiger partial charge >= 0.3 is 0 Å². The second kappa shape index (κ2) is 8.88. The Balaban J connectivity index is 1.36. The van der Waals surface area contributed by atoms with Crippen LogP contribution in [0.15, 0.2) is 54.3 Å². The second-order valence-corrected chi connectivity index (χ2v) is 8.06. The van der Waals surface area contributed by atoms with Gasteiger partial charge in [0.25, 0.3) is 5.91 Å². The lowest BCUT2D eigenvalue weighted by atomic mass is 9.82. The molecule has 30 heavy (non-hydrogen) atoms. The molecule has 3 atom stereocenters. The molecule has 1 saturated heterocycles. The highest BCUT2D eigenvalue weighted by molar-refractivity contribution is 6.30. The third-order valence-corrected chi connectivity index (χ3v) is 5.77. The number of hydrogen-bond donors (Lipinski definition) is 2. The number of nitrogens with one attached hydrogen (secondary N) is 2. The van der Waals surface area contributed by atoms with Crippen molar-refractivity contribution in [1.82, 2.24) is 10.6 Å². The average molecular weight is 429 g/mol. The quantitative estimate of drug-likeness (QED) is 0.727. The Bertz CT molecular complexity index is 994. The van der Waals surface area contributed by atoms with Crippen molar-refractivity contribution in [3.05, 3.63) is 76.3 Å². The van der Waals surface area contributed by atoms with E-state index in [1.165, 1.54) is 6.07 Å². The van der Waals surface area contributed by atoms with Gasteiger partial charge in [0.05, 0.1) is 6.04 Å². The normalized spacial score (nSPS) is 24.5. The van der Waals surface area contributed by atoms with Crippen LogP contribution in [-0.4, -0.2) is 24.0 Å². The van der Waals surface area contributed by atoms with E-state index < -0.39 is 0 Å². The lowest BCUT2D eigenvalue weighted by molar-refractivity contribution is -0.135. The first kappa shape index (κ1) is 20.4. The molecule has 0 spiro atoms. The molecule has 1 heterocycles. The topological polar surface area (TPSA) is 67.4 Å². The zero-order valence-electron chi connectivity index (χ0n) is 16.2. The Morgan fingerprint density at radius 2 is 2.07 bits per heavy atom. The van der Waals surface area contributed by atoms with E-state index in [1.807, 2.05) is 12.1 Å². The van der Waals surface area contributed by atoms with E-state index in [4.69, 9.17) is 16.3 Å². The molecule has 2 fully saturated rings. The van der Waals surface area contributed by atoms with Gasteiger partial charge in [-0.25, -0.2) is 4.39 Å². The number of amides is 2. The number of morpholine rings is 1. The lowest BCUT2D eigenvalue weighted by Crippen LogP contribution is -2.54. The van der Waals surface area contributed by atoms with Crippen molar-refractivity contribution in [3.63, 3.8) is 0 Å². The first-order valence-electron chi connectivity index (χ1n) is 9.95. The van der Waals surface area contributed by atoms with Crippen LogP contribution in [-0.2, 0) is 20.9 Å². The van der Waals surface area contributed by atoms with Gasteiger partial charge in [-0.1, -0.05) is 41.9 Å². The molecule has 3 unspecified atom stereocenters. The van der Waals surface area contributed by atoms with Crippen LogP contribution in [0.5, 0.6) is 0 Å². The van der Waals surface area contributed by atoms with Gasteiger partial charge in [0.15, 0.2) is 5.76 Å². The number of fused-ring (bicyclic) bond motifs is 1. The van der Waals surface area contributed by atoms with Gasteiger partial charge in [0.2, 0.25) is 5.91 Å². The maximum absolute atomic E-state index is 13.7. The molecule has 7 heteroatoms. The zero-order chi connectivity index (χ0) is 21.1. The molecule has 2 N–H and O–H groups in total. The minimum absolute atomic E-state index is 0.133. The first-order valence-corrected chi connectivity index (χ1v) is 10.3. The number of hydrogen-bond acceptors (Lipinski definition) is 3. The van der Waals surface area contributed by atoms with E-state index >= 15 is 0 Å². The highest BCUT2D eigenvalue weighted by Gasteiger charge is 2.40. The van der Waals surface area contributed by atoms with E-state index in [1.54, 1.807) is 36.4 Å². The fraction of sp³-hybridized carbons (Fsp3) is 0.304. The summed E-state index contributed by atoms with van der Waals surface area (Å²) in [5, 5.41) is 6.36. The zero-order valence-corrected chi connectivity index (χ0v) is 17.0. The summed E-state index contributed by atoms with van der Waals surface area (Å²) in [6, 6.07) is 13.3. The molecule has 1 saturated carbocycles. The van der Waals surface area contributed by atoms with Crippen LogP contribution >= 0.6 is 11.6 Å². The van der Waals surface area contributed by atoms with Gasteiger partial charge in [-0.15, -0.1) is 0 Å². The van der Waals surface area contributed by atoms with Crippen LogP contribution in [0.2, 0.25) is 5.02 Å². The number of carbonyl (C=O) groups is 2. The summed E-state index contributed by atoms with van der Waals surface area (Å²) in [4.78, 5) is 25.0. The van der Waals surface area contributed by atoms with Crippen LogP contribution in [0.25, 0.3) is 6.08 Å². The van der Waals surface area contributed by atoms with E-state index in [9.17, 15) is 14.0 Å². The highest BCUT2D eigenvalue weighted by atomic mass is 35.5. The highest BCUT2D eigenvalue weighted by Crippen LogP contribution is 2.31. The maximum atomic E-state index is 13.7. The molecule has 0 radical (unpaired) electrons. The van der Waals surface area contributed by atoms with Crippen molar-refractivity contribution in [2.45, 2.75) is 38.0 Å². The first-order chi connectivity index (χ1) is 14.5. The Hall–Kier alpha value is -2.86. The van der Waals surface area contributed by atoms with Crippen LogP contribution in [0.4, 0.5) is 4.39 Å². The molecule has 2 aromatic carbocycles. The molecule has 1 aliphatic carbocycles. The van der Waals surface area contributed by atoms with E-state index in [-0.39, 0.29) is 48.0 Å². The molecule has 2 aromatic rings. The Kier molecular flexibility index (Phi) is 6.04. The Morgan fingerprint density at radius 1 is 1.23 bits per heavy atom. The van der Waals surface area contributed by atoms with Crippen LogP contribution in [0.1, 0.15) is 30.4 Å². The summed E-state index contributed by atoms with van der Waals surface area (Å²) < 4.78 is 19.7. The third-order valence-electron chi connectivity index (χ3n) is 5.53. The number of halogens is 2. The minimum atomic E-state index is -0.339. The fourth-order valence-electron chi connectivity index (χ4n) is 3.95. The monoisotopic (exact) mass is 428 g/mol. The van der Waals surface area contributed by atoms with Crippen molar-refractivity contribution in [2.24, 2.45) is 5.92 Å². The molecule has 156 valence electrons. The van der Waals surface area contributed by atoms with Crippen molar-refractivity contribution in [3.8, 4) is 0 Å².